The fourth-order valence-electron chi connectivity index (χ4n) is 2.42. The van der Waals surface area contributed by atoms with Crippen molar-refractivity contribution in [3.05, 3.63) is 59.7 Å². The minimum absolute atomic E-state index is 0.127. The summed E-state index contributed by atoms with van der Waals surface area (Å²) in [4.78, 5) is 24.9. The molecule has 0 spiro atoms. The van der Waals surface area contributed by atoms with Crippen LogP contribution in [0.15, 0.2) is 53.4 Å². The number of carboxylic acids is 1. The summed E-state index contributed by atoms with van der Waals surface area (Å²) in [5.41, 5.74) is 0.468. The van der Waals surface area contributed by atoms with Crippen molar-refractivity contribution in [1.82, 2.24) is 4.90 Å². The molecule has 0 atom stereocenters. The lowest BCUT2D eigenvalue weighted by Gasteiger charge is -2.19. The van der Waals surface area contributed by atoms with Gasteiger partial charge >= 0.3 is 5.97 Å². The Morgan fingerprint density at radius 2 is 1.62 bits per heavy atom. The van der Waals surface area contributed by atoms with Crippen LogP contribution >= 0.6 is 0 Å². The molecule has 2 aromatic rings. The second-order valence-corrected chi connectivity index (χ2v) is 7.18. The number of aromatic carboxylic acids is 1. The number of sulfonamides is 1. The van der Waals surface area contributed by atoms with Crippen molar-refractivity contribution in [2.24, 2.45) is 0 Å². The molecule has 0 fully saturated rings. The fourth-order valence-corrected chi connectivity index (χ4v) is 3.51. The van der Waals surface area contributed by atoms with E-state index in [1.54, 1.807) is 17.0 Å². The number of amides is 1. The van der Waals surface area contributed by atoms with Gasteiger partial charge < -0.3 is 10.0 Å². The van der Waals surface area contributed by atoms with Crippen molar-refractivity contribution in [1.29, 1.82) is 0 Å². The van der Waals surface area contributed by atoms with Gasteiger partial charge in [-0.2, -0.15) is 0 Å². The third-order valence-corrected chi connectivity index (χ3v) is 5.18. The van der Waals surface area contributed by atoms with Gasteiger partial charge in [0.25, 0.3) is 15.9 Å². The van der Waals surface area contributed by atoms with Gasteiger partial charge in [-0.15, -0.1) is 0 Å². The lowest BCUT2D eigenvalue weighted by molar-refractivity contribution is 0.0695. The highest BCUT2D eigenvalue weighted by Gasteiger charge is 2.18. The maximum atomic E-state index is 12.5. The van der Waals surface area contributed by atoms with E-state index >= 15 is 0 Å². The van der Waals surface area contributed by atoms with Crippen molar-refractivity contribution >= 4 is 27.6 Å². The van der Waals surface area contributed by atoms with Gasteiger partial charge in [0.05, 0.1) is 10.5 Å². The number of carboxylic acid groups (broad SMARTS) is 1. The van der Waals surface area contributed by atoms with Crippen LogP contribution in [0.4, 0.5) is 5.69 Å². The summed E-state index contributed by atoms with van der Waals surface area (Å²) in [5.74, 6) is -1.40. The zero-order chi connectivity index (χ0) is 19.3. The van der Waals surface area contributed by atoms with E-state index in [-0.39, 0.29) is 22.1 Å². The van der Waals surface area contributed by atoms with E-state index in [4.69, 9.17) is 5.11 Å². The SMILES string of the molecule is CCN(CC)C(=O)c1cccc(NS(=O)(=O)c2cccc(C(=O)O)c2)c1. The first kappa shape index (κ1) is 19.5. The Kier molecular flexibility index (Phi) is 5.99. The molecule has 1 amide bonds. The smallest absolute Gasteiger partial charge is 0.335 e. The van der Waals surface area contributed by atoms with Crippen LogP contribution < -0.4 is 4.72 Å². The average Bonchev–Trinajstić information content (AvgIpc) is 2.62. The molecule has 7 nitrogen and oxygen atoms in total. The maximum Gasteiger partial charge on any atom is 0.335 e. The monoisotopic (exact) mass is 376 g/mol. The Bertz CT molecular complexity index is 921. The molecule has 138 valence electrons. The van der Waals surface area contributed by atoms with E-state index in [9.17, 15) is 18.0 Å². The second-order valence-electron chi connectivity index (χ2n) is 5.50. The van der Waals surface area contributed by atoms with Crippen LogP contribution in [0.2, 0.25) is 0 Å². The summed E-state index contributed by atoms with van der Waals surface area (Å²) in [6.45, 7) is 4.83. The molecular formula is C18H20N2O5S. The van der Waals surface area contributed by atoms with Gasteiger partial charge in [-0.1, -0.05) is 12.1 Å². The largest absolute Gasteiger partial charge is 0.478 e. The molecule has 2 aromatic carbocycles. The van der Waals surface area contributed by atoms with Crippen molar-refractivity contribution in [3.8, 4) is 0 Å². The zero-order valence-electron chi connectivity index (χ0n) is 14.5. The first-order valence-electron chi connectivity index (χ1n) is 8.04. The van der Waals surface area contributed by atoms with E-state index in [0.717, 1.165) is 6.07 Å². The molecule has 8 heteroatoms. The molecule has 0 bridgehead atoms. The fraction of sp³-hybridized carbons (Fsp3) is 0.222. The number of nitrogens with zero attached hydrogens (tertiary/aromatic N) is 1. The van der Waals surface area contributed by atoms with Crippen LogP contribution in [0.25, 0.3) is 0 Å². The van der Waals surface area contributed by atoms with Crippen molar-refractivity contribution in [2.45, 2.75) is 18.7 Å². The number of anilines is 1. The molecule has 0 aliphatic rings. The number of benzene rings is 2. The molecule has 0 heterocycles. The van der Waals surface area contributed by atoms with Crippen LogP contribution in [0, 0.1) is 0 Å². The quantitative estimate of drug-likeness (QED) is 0.773. The first-order chi connectivity index (χ1) is 12.3. The Balaban J connectivity index is 2.30. The lowest BCUT2D eigenvalue weighted by atomic mass is 10.2. The molecule has 0 saturated heterocycles. The molecule has 0 aromatic heterocycles. The van der Waals surface area contributed by atoms with Gasteiger partial charge in [-0.05, 0) is 50.2 Å². The predicted octanol–water partition coefficient (Wildman–Crippen LogP) is 2.67. The Morgan fingerprint density at radius 1 is 1.00 bits per heavy atom. The molecule has 2 rings (SSSR count). The molecule has 26 heavy (non-hydrogen) atoms. The van der Waals surface area contributed by atoms with Crippen molar-refractivity contribution in [3.63, 3.8) is 0 Å². The summed E-state index contributed by atoms with van der Waals surface area (Å²) in [5, 5.41) is 9.00. The predicted molar refractivity (Wildman–Crippen MR) is 97.9 cm³/mol. The minimum atomic E-state index is -3.98. The number of carbonyl (C=O) groups excluding carboxylic acids is 1. The van der Waals surface area contributed by atoms with E-state index < -0.39 is 16.0 Å². The standard InChI is InChI=1S/C18H20N2O5S/c1-3-20(4-2)17(21)13-7-5-9-15(11-13)19-26(24,25)16-10-6-8-14(12-16)18(22)23/h5-12,19H,3-4H2,1-2H3,(H,22,23). The number of hydrogen-bond acceptors (Lipinski definition) is 4. The van der Waals surface area contributed by atoms with Gasteiger partial charge in [0.1, 0.15) is 0 Å². The van der Waals surface area contributed by atoms with Crippen LogP contribution in [0.3, 0.4) is 0 Å². The number of rotatable bonds is 7. The first-order valence-corrected chi connectivity index (χ1v) is 9.52. The molecule has 0 saturated carbocycles. The molecule has 0 aliphatic carbocycles. The lowest BCUT2D eigenvalue weighted by Crippen LogP contribution is -2.30. The number of nitrogens with one attached hydrogen (secondary N) is 1. The normalized spacial score (nSPS) is 11.0. The molecule has 0 aliphatic heterocycles. The van der Waals surface area contributed by atoms with Gasteiger partial charge in [-0.3, -0.25) is 9.52 Å². The van der Waals surface area contributed by atoms with Gasteiger partial charge in [-0.25, -0.2) is 13.2 Å². The number of hydrogen-bond donors (Lipinski definition) is 2. The van der Waals surface area contributed by atoms with Crippen LogP contribution in [-0.2, 0) is 10.0 Å². The Labute approximate surface area is 152 Å². The van der Waals surface area contributed by atoms with E-state index in [1.165, 1.54) is 30.3 Å². The van der Waals surface area contributed by atoms with Crippen molar-refractivity contribution in [2.75, 3.05) is 17.8 Å². The number of carbonyl (C=O) groups is 2. The average molecular weight is 376 g/mol. The molecular weight excluding hydrogens is 356 g/mol. The Hall–Kier alpha value is -2.87. The van der Waals surface area contributed by atoms with Gasteiger partial charge in [0.2, 0.25) is 0 Å². The molecule has 0 radical (unpaired) electrons. The van der Waals surface area contributed by atoms with Crippen LogP contribution in [-0.4, -0.2) is 43.4 Å². The highest BCUT2D eigenvalue weighted by Crippen LogP contribution is 2.19. The summed E-state index contributed by atoms with van der Waals surface area (Å²) < 4.78 is 27.4. The summed E-state index contributed by atoms with van der Waals surface area (Å²) >= 11 is 0. The third-order valence-electron chi connectivity index (χ3n) is 3.80. The second kappa shape index (κ2) is 8.01. The minimum Gasteiger partial charge on any atom is -0.478 e. The third kappa shape index (κ3) is 4.40. The summed E-state index contributed by atoms with van der Waals surface area (Å²) in [6.07, 6.45) is 0. The zero-order valence-corrected chi connectivity index (χ0v) is 15.3. The van der Waals surface area contributed by atoms with E-state index in [1.807, 2.05) is 13.8 Å². The summed E-state index contributed by atoms with van der Waals surface area (Å²) in [6, 6.07) is 11.2. The van der Waals surface area contributed by atoms with Gasteiger partial charge in [0, 0.05) is 24.3 Å². The van der Waals surface area contributed by atoms with Crippen LogP contribution in [0.1, 0.15) is 34.6 Å². The summed E-state index contributed by atoms with van der Waals surface area (Å²) in [7, 11) is -3.98. The van der Waals surface area contributed by atoms with E-state index in [0.29, 0.717) is 18.7 Å². The Morgan fingerprint density at radius 3 is 2.23 bits per heavy atom. The molecule has 2 N–H and O–H groups in total. The van der Waals surface area contributed by atoms with Crippen LogP contribution in [0.5, 0.6) is 0 Å². The van der Waals surface area contributed by atoms with Crippen molar-refractivity contribution < 1.29 is 23.1 Å². The highest BCUT2D eigenvalue weighted by molar-refractivity contribution is 7.92. The van der Waals surface area contributed by atoms with Gasteiger partial charge in [0.15, 0.2) is 0 Å². The topological polar surface area (TPSA) is 104 Å². The maximum absolute atomic E-state index is 12.5. The highest BCUT2D eigenvalue weighted by atomic mass is 32.2. The molecule has 0 unspecified atom stereocenters. The van der Waals surface area contributed by atoms with E-state index in [2.05, 4.69) is 4.72 Å².